The zero-order chi connectivity index (χ0) is 15.9. The SMILES string of the molecule is C=CCOc1ccccc1C(=O)NNC(=O)c1ccc(Br)o1. The molecule has 1 aromatic heterocycles. The lowest BCUT2D eigenvalue weighted by atomic mass is 10.2. The summed E-state index contributed by atoms with van der Waals surface area (Å²) in [6.45, 7) is 3.82. The van der Waals surface area contributed by atoms with E-state index in [-0.39, 0.29) is 12.4 Å². The Hall–Kier alpha value is -2.54. The molecule has 0 aliphatic carbocycles. The summed E-state index contributed by atoms with van der Waals surface area (Å²) in [5.74, 6) is -0.597. The Kier molecular flexibility index (Phi) is 5.37. The van der Waals surface area contributed by atoms with Crippen LogP contribution in [0.3, 0.4) is 0 Å². The van der Waals surface area contributed by atoms with Crippen molar-refractivity contribution in [1.29, 1.82) is 0 Å². The minimum atomic E-state index is -0.566. The van der Waals surface area contributed by atoms with E-state index in [1.165, 1.54) is 6.07 Å². The third kappa shape index (κ3) is 3.98. The minimum absolute atomic E-state index is 0.0726. The van der Waals surface area contributed by atoms with Gasteiger partial charge in [0.05, 0.1) is 5.56 Å². The Morgan fingerprint density at radius 1 is 1.18 bits per heavy atom. The first-order chi connectivity index (χ1) is 10.6. The second kappa shape index (κ2) is 7.46. The van der Waals surface area contributed by atoms with Gasteiger partial charge in [-0.2, -0.15) is 0 Å². The maximum absolute atomic E-state index is 12.1. The molecule has 1 heterocycles. The Morgan fingerprint density at radius 2 is 1.91 bits per heavy atom. The maximum atomic E-state index is 12.1. The van der Waals surface area contributed by atoms with Crippen LogP contribution in [0.1, 0.15) is 20.9 Å². The average molecular weight is 365 g/mol. The molecule has 114 valence electrons. The molecule has 2 N–H and O–H groups in total. The second-order valence-corrected chi connectivity index (χ2v) is 4.89. The molecule has 1 aromatic carbocycles. The third-order valence-corrected chi connectivity index (χ3v) is 3.00. The Balaban J connectivity index is 2.00. The molecule has 0 aliphatic rings. The van der Waals surface area contributed by atoms with E-state index in [9.17, 15) is 9.59 Å². The van der Waals surface area contributed by atoms with Gasteiger partial charge in [0.15, 0.2) is 10.4 Å². The van der Waals surface area contributed by atoms with Gasteiger partial charge < -0.3 is 9.15 Å². The van der Waals surface area contributed by atoms with E-state index in [2.05, 4.69) is 33.4 Å². The van der Waals surface area contributed by atoms with Gasteiger partial charge in [-0.15, -0.1) is 0 Å². The molecular weight excluding hydrogens is 352 g/mol. The van der Waals surface area contributed by atoms with Crippen LogP contribution in [0.15, 0.2) is 58.1 Å². The van der Waals surface area contributed by atoms with Gasteiger partial charge in [0.25, 0.3) is 5.91 Å². The Morgan fingerprint density at radius 3 is 2.59 bits per heavy atom. The van der Waals surface area contributed by atoms with Crippen LogP contribution >= 0.6 is 15.9 Å². The number of halogens is 1. The van der Waals surface area contributed by atoms with Crippen molar-refractivity contribution in [3.05, 3.63) is 65.0 Å². The topological polar surface area (TPSA) is 80.6 Å². The molecule has 0 aliphatic heterocycles. The number of rotatable bonds is 5. The monoisotopic (exact) mass is 364 g/mol. The summed E-state index contributed by atoms with van der Waals surface area (Å²) in [7, 11) is 0. The summed E-state index contributed by atoms with van der Waals surface area (Å²) in [6.07, 6.45) is 1.57. The van der Waals surface area contributed by atoms with E-state index >= 15 is 0 Å². The highest BCUT2D eigenvalue weighted by Crippen LogP contribution is 2.17. The number of nitrogens with one attached hydrogen (secondary N) is 2. The summed E-state index contributed by atoms with van der Waals surface area (Å²) < 4.78 is 10.9. The molecule has 0 bridgehead atoms. The number of ether oxygens (including phenoxy) is 1. The summed E-state index contributed by atoms with van der Waals surface area (Å²) in [6, 6.07) is 9.74. The summed E-state index contributed by atoms with van der Waals surface area (Å²) >= 11 is 3.09. The smallest absolute Gasteiger partial charge is 0.305 e. The molecule has 0 fully saturated rings. The van der Waals surface area contributed by atoms with Crippen molar-refractivity contribution >= 4 is 27.7 Å². The van der Waals surface area contributed by atoms with Crippen molar-refractivity contribution in [1.82, 2.24) is 10.9 Å². The molecule has 2 rings (SSSR count). The zero-order valence-corrected chi connectivity index (χ0v) is 13.1. The highest BCUT2D eigenvalue weighted by Gasteiger charge is 2.15. The normalized spacial score (nSPS) is 9.86. The quantitative estimate of drug-likeness (QED) is 0.631. The largest absolute Gasteiger partial charge is 0.489 e. The number of hydrazine groups is 1. The highest BCUT2D eigenvalue weighted by atomic mass is 79.9. The van der Waals surface area contributed by atoms with Crippen LogP contribution in [-0.4, -0.2) is 18.4 Å². The fourth-order valence-electron chi connectivity index (χ4n) is 1.61. The summed E-state index contributed by atoms with van der Waals surface area (Å²) in [5, 5.41) is 0. The van der Waals surface area contributed by atoms with E-state index in [0.29, 0.717) is 16.0 Å². The van der Waals surface area contributed by atoms with Gasteiger partial charge in [0, 0.05) is 0 Å². The van der Waals surface area contributed by atoms with Crippen LogP contribution in [-0.2, 0) is 0 Å². The first-order valence-electron chi connectivity index (χ1n) is 6.30. The molecule has 0 spiro atoms. The lowest BCUT2D eigenvalue weighted by Crippen LogP contribution is -2.41. The van der Waals surface area contributed by atoms with Crippen molar-refractivity contribution in [2.45, 2.75) is 0 Å². The van der Waals surface area contributed by atoms with Gasteiger partial charge in [-0.3, -0.25) is 20.4 Å². The molecular formula is C15H13BrN2O4. The molecule has 0 saturated heterocycles. The van der Waals surface area contributed by atoms with Crippen LogP contribution in [0, 0.1) is 0 Å². The molecule has 7 heteroatoms. The molecule has 0 atom stereocenters. The number of carbonyl (C=O) groups excluding carboxylic acids is 2. The predicted molar refractivity (Wildman–Crippen MR) is 83.5 cm³/mol. The molecule has 2 aromatic rings. The Labute approximate surface area is 135 Å². The maximum Gasteiger partial charge on any atom is 0.305 e. The van der Waals surface area contributed by atoms with Crippen LogP contribution in [0.5, 0.6) is 5.75 Å². The van der Waals surface area contributed by atoms with Crippen LogP contribution in [0.25, 0.3) is 0 Å². The number of furan rings is 1. The van der Waals surface area contributed by atoms with E-state index in [0.717, 1.165) is 0 Å². The van der Waals surface area contributed by atoms with E-state index in [1.54, 1.807) is 36.4 Å². The summed E-state index contributed by atoms with van der Waals surface area (Å²) in [4.78, 5) is 23.9. The van der Waals surface area contributed by atoms with E-state index < -0.39 is 11.8 Å². The highest BCUT2D eigenvalue weighted by molar-refractivity contribution is 9.10. The molecule has 2 amide bonds. The fourth-order valence-corrected chi connectivity index (χ4v) is 1.91. The Bertz CT molecular complexity index is 696. The fraction of sp³-hybridized carbons (Fsp3) is 0.0667. The lowest BCUT2D eigenvalue weighted by molar-refractivity contribution is 0.0828. The average Bonchev–Trinajstić information content (AvgIpc) is 2.97. The number of hydrogen-bond acceptors (Lipinski definition) is 4. The third-order valence-electron chi connectivity index (χ3n) is 2.57. The van der Waals surface area contributed by atoms with Crippen molar-refractivity contribution in [2.75, 3.05) is 6.61 Å². The number of benzene rings is 1. The van der Waals surface area contributed by atoms with Gasteiger partial charge in [-0.1, -0.05) is 24.8 Å². The molecule has 0 unspecified atom stereocenters. The van der Waals surface area contributed by atoms with Crippen LogP contribution < -0.4 is 15.6 Å². The lowest BCUT2D eigenvalue weighted by Gasteiger charge is -2.10. The number of para-hydroxylation sites is 1. The predicted octanol–water partition coefficient (Wildman–Crippen LogP) is 2.68. The van der Waals surface area contributed by atoms with Crippen LogP contribution in [0.4, 0.5) is 0 Å². The van der Waals surface area contributed by atoms with E-state index in [4.69, 9.17) is 9.15 Å². The summed E-state index contributed by atoms with van der Waals surface area (Å²) in [5.41, 5.74) is 4.87. The number of carbonyl (C=O) groups is 2. The van der Waals surface area contributed by atoms with Crippen molar-refractivity contribution in [3.8, 4) is 5.75 Å². The minimum Gasteiger partial charge on any atom is -0.489 e. The second-order valence-electron chi connectivity index (χ2n) is 4.11. The van der Waals surface area contributed by atoms with Gasteiger partial charge in [-0.05, 0) is 40.2 Å². The van der Waals surface area contributed by atoms with Crippen molar-refractivity contribution in [2.24, 2.45) is 0 Å². The molecule has 6 nitrogen and oxygen atoms in total. The van der Waals surface area contributed by atoms with Crippen molar-refractivity contribution < 1.29 is 18.7 Å². The molecule has 22 heavy (non-hydrogen) atoms. The van der Waals surface area contributed by atoms with Crippen molar-refractivity contribution in [3.63, 3.8) is 0 Å². The number of hydrogen-bond donors (Lipinski definition) is 2. The van der Waals surface area contributed by atoms with E-state index in [1.807, 2.05) is 0 Å². The standard InChI is InChI=1S/C15H13BrN2O4/c1-2-9-21-11-6-4-3-5-10(11)14(19)17-18-15(20)12-7-8-13(16)22-12/h2-8H,1,9H2,(H,17,19)(H,18,20). The zero-order valence-electron chi connectivity index (χ0n) is 11.5. The molecule has 0 radical (unpaired) electrons. The van der Waals surface area contributed by atoms with Gasteiger partial charge in [0.1, 0.15) is 12.4 Å². The first-order valence-corrected chi connectivity index (χ1v) is 7.10. The van der Waals surface area contributed by atoms with Crippen LogP contribution in [0.2, 0.25) is 0 Å². The van der Waals surface area contributed by atoms with Gasteiger partial charge >= 0.3 is 5.91 Å². The first kappa shape index (κ1) is 15.8. The van der Waals surface area contributed by atoms with Gasteiger partial charge in [0.2, 0.25) is 0 Å². The molecule has 0 saturated carbocycles. The van der Waals surface area contributed by atoms with Gasteiger partial charge in [-0.25, -0.2) is 0 Å². The number of amides is 2.